The highest BCUT2D eigenvalue weighted by molar-refractivity contribution is 7.47. The second kappa shape index (κ2) is 17.4. The average molecular weight is 555 g/mol. The molecule has 210 valence electrons. The molecule has 6 atom stereocenters. The van der Waals surface area contributed by atoms with E-state index in [4.69, 9.17) is 37.9 Å². The van der Waals surface area contributed by atoms with Crippen molar-refractivity contribution in [2.75, 3.05) is 53.3 Å². The molecule has 1 rings (SSSR count). The Morgan fingerprint density at radius 2 is 1.63 bits per heavy atom. The van der Waals surface area contributed by atoms with E-state index in [1.165, 1.54) is 6.92 Å². The van der Waals surface area contributed by atoms with Crippen molar-refractivity contribution in [2.45, 2.75) is 63.1 Å². The van der Waals surface area contributed by atoms with Crippen LogP contribution in [-0.2, 0) is 41.7 Å². The Labute approximate surface area is 204 Å². The van der Waals surface area contributed by atoms with Crippen LogP contribution in [0.25, 0.3) is 0 Å². The van der Waals surface area contributed by atoms with Crippen molar-refractivity contribution in [2.24, 2.45) is 0 Å². The van der Waals surface area contributed by atoms with Gasteiger partial charge in [0.1, 0.15) is 18.3 Å². The van der Waals surface area contributed by atoms with Gasteiger partial charge in [0, 0.05) is 13.7 Å². The quantitative estimate of drug-likeness (QED) is 0.0618. The lowest BCUT2D eigenvalue weighted by atomic mass is 10.1. The van der Waals surface area contributed by atoms with Crippen LogP contribution in [0, 0.1) is 0 Å². The summed E-state index contributed by atoms with van der Waals surface area (Å²) in [5.74, 6) is 0. The monoisotopic (exact) mass is 555 g/mol. The van der Waals surface area contributed by atoms with Gasteiger partial charge in [0.2, 0.25) is 0 Å². The van der Waals surface area contributed by atoms with Crippen LogP contribution in [0.4, 0.5) is 0 Å². The molecule has 1 aliphatic rings. The van der Waals surface area contributed by atoms with E-state index in [2.05, 4.69) is 10.0 Å². The zero-order chi connectivity index (χ0) is 26.3. The van der Waals surface area contributed by atoms with E-state index in [1.54, 1.807) is 7.05 Å². The van der Waals surface area contributed by atoms with Crippen LogP contribution >= 0.6 is 15.6 Å². The van der Waals surface area contributed by atoms with Crippen LogP contribution in [-0.4, -0.2) is 109 Å². The highest BCUT2D eigenvalue weighted by Crippen LogP contribution is 2.48. The highest BCUT2D eigenvalue weighted by atomic mass is 31.2. The van der Waals surface area contributed by atoms with Crippen molar-refractivity contribution in [1.29, 1.82) is 0 Å². The molecule has 1 fully saturated rings. The summed E-state index contributed by atoms with van der Waals surface area (Å²) < 4.78 is 53.2. The maximum Gasteiger partial charge on any atom is 0.472 e. The van der Waals surface area contributed by atoms with E-state index >= 15 is 0 Å². The van der Waals surface area contributed by atoms with E-state index in [-0.39, 0.29) is 0 Å². The molecule has 1 saturated heterocycles. The zero-order valence-electron chi connectivity index (χ0n) is 20.0. The molecule has 15 nitrogen and oxygen atoms in total. The van der Waals surface area contributed by atoms with Gasteiger partial charge >= 0.3 is 15.6 Å². The second-order valence-corrected chi connectivity index (χ2v) is 10.4. The van der Waals surface area contributed by atoms with Crippen molar-refractivity contribution in [3.8, 4) is 0 Å². The molecular weight excluding hydrogens is 516 g/mol. The van der Waals surface area contributed by atoms with E-state index in [9.17, 15) is 24.2 Å². The summed E-state index contributed by atoms with van der Waals surface area (Å²) in [7, 11) is -7.88. The third kappa shape index (κ3) is 15.7. The largest absolute Gasteiger partial charge is 0.472 e. The normalized spacial score (nSPS) is 25.6. The molecule has 6 N–H and O–H groups in total. The number of rotatable bonds is 21. The lowest BCUT2D eigenvalue weighted by Crippen LogP contribution is -2.36. The third-order valence-electron chi connectivity index (χ3n) is 4.84. The van der Waals surface area contributed by atoms with Crippen molar-refractivity contribution < 1.29 is 66.6 Å². The number of phosphoric ester groups is 2. The number of aliphatic hydroxyl groups is 2. The molecule has 0 spiro atoms. The fourth-order valence-corrected chi connectivity index (χ4v) is 4.42. The molecule has 1 heterocycles. The molecule has 1 aliphatic heterocycles. The predicted octanol–water partition coefficient (Wildman–Crippen LogP) is -0.148. The summed E-state index contributed by atoms with van der Waals surface area (Å²) in [6.07, 6.45) is -3.39. The van der Waals surface area contributed by atoms with Gasteiger partial charge < -0.3 is 39.1 Å². The summed E-state index contributed by atoms with van der Waals surface area (Å²) in [5.41, 5.74) is 2.54. The summed E-state index contributed by atoms with van der Waals surface area (Å²) in [6, 6.07) is 0. The van der Waals surface area contributed by atoms with Crippen LogP contribution in [0.1, 0.15) is 32.6 Å². The standard InChI is InChI=1S/C18H39NO14P2/c1-14-17(21)18(16(32-14)13-30-34(22,23)24)33-35(25,26)31-12-15(20)6-4-3-5-7-27-8-9-28-10-11-29-19-2/h14-21H,3-13H2,1-2H3,(H,25,26)(H2,22,23,24). The van der Waals surface area contributed by atoms with Crippen molar-refractivity contribution in [1.82, 2.24) is 5.48 Å². The number of hydrogen-bond donors (Lipinski definition) is 6. The Morgan fingerprint density at radius 1 is 0.971 bits per heavy atom. The smallest absolute Gasteiger partial charge is 0.391 e. The van der Waals surface area contributed by atoms with Crippen LogP contribution in [0.15, 0.2) is 0 Å². The van der Waals surface area contributed by atoms with Gasteiger partial charge in [0.25, 0.3) is 0 Å². The molecular formula is C18H39NO14P2. The zero-order valence-corrected chi connectivity index (χ0v) is 21.8. The van der Waals surface area contributed by atoms with Gasteiger partial charge in [0.05, 0.1) is 51.8 Å². The lowest BCUT2D eigenvalue weighted by molar-refractivity contribution is -0.0224. The fraction of sp³-hybridized carbons (Fsp3) is 1.00. The van der Waals surface area contributed by atoms with E-state index in [1.807, 2.05) is 0 Å². The van der Waals surface area contributed by atoms with Gasteiger partial charge in [-0.1, -0.05) is 12.8 Å². The molecule has 0 bridgehead atoms. The van der Waals surface area contributed by atoms with Crippen molar-refractivity contribution in [3.05, 3.63) is 0 Å². The molecule has 0 aliphatic carbocycles. The minimum Gasteiger partial charge on any atom is -0.391 e. The van der Waals surface area contributed by atoms with Crippen LogP contribution in [0.2, 0.25) is 0 Å². The number of ether oxygens (including phenoxy) is 3. The van der Waals surface area contributed by atoms with Crippen LogP contribution < -0.4 is 5.48 Å². The Hall–Kier alpha value is -0.0600. The SMILES string of the molecule is CNOCCOCCOCCCCCC(O)COP(=O)(O)OC1C(COP(=O)(O)O)OC(C)C1O. The second-order valence-electron chi connectivity index (χ2n) is 7.77. The Bertz CT molecular complexity index is 653. The number of hydroxylamine groups is 1. The van der Waals surface area contributed by atoms with Gasteiger partial charge in [-0.25, -0.2) is 14.6 Å². The maximum atomic E-state index is 12.3. The number of nitrogens with one attached hydrogen (secondary N) is 1. The fourth-order valence-electron chi connectivity index (χ4n) is 3.09. The van der Waals surface area contributed by atoms with Crippen molar-refractivity contribution in [3.63, 3.8) is 0 Å². The average Bonchev–Trinajstić information content (AvgIpc) is 3.04. The summed E-state index contributed by atoms with van der Waals surface area (Å²) in [5, 5.41) is 20.1. The minimum absolute atomic E-state index is 0.319. The first-order chi connectivity index (χ1) is 16.4. The molecule has 0 amide bonds. The first-order valence-corrected chi connectivity index (χ1v) is 14.3. The lowest BCUT2D eigenvalue weighted by Gasteiger charge is -2.23. The molecule has 35 heavy (non-hydrogen) atoms. The maximum absolute atomic E-state index is 12.3. The van der Waals surface area contributed by atoms with Gasteiger partial charge in [-0.2, -0.15) is 0 Å². The third-order valence-corrected chi connectivity index (χ3v) is 6.31. The number of phosphoric acid groups is 2. The van der Waals surface area contributed by atoms with E-state index < -0.39 is 59.4 Å². The molecule has 0 radical (unpaired) electrons. The molecule has 0 aromatic heterocycles. The minimum atomic E-state index is -4.82. The van der Waals surface area contributed by atoms with E-state index in [0.717, 1.165) is 12.8 Å². The molecule has 0 aromatic carbocycles. The highest BCUT2D eigenvalue weighted by Gasteiger charge is 2.47. The van der Waals surface area contributed by atoms with Gasteiger partial charge in [0.15, 0.2) is 0 Å². The summed E-state index contributed by atoms with van der Waals surface area (Å²) >= 11 is 0. The summed E-state index contributed by atoms with van der Waals surface area (Å²) in [6.45, 7) is 2.68. The molecule has 0 aromatic rings. The molecule has 17 heteroatoms. The number of unbranched alkanes of at least 4 members (excludes halogenated alkanes) is 2. The van der Waals surface area contributed by atoms with Gasteiger partial charge in [-0.15, -0.1) is 0 Å². The topological polar surface area (TPSA) is 212 Å². The predicted molar refractivity (Wildman–Crippen MR) is 120 cm³/mol. The Morgan fingerprint density at radius 3 is 2.29 bits per heavy atom. The van der Waals surface area contributed by atoms with Crippen LogP contribution in [0.3, 0.4) is 0 Å². The first kappa shape index (κ1) is 33.0. The van der Waals surface area contributed by atoms with E-state index in [0.29, 0.717) is 45.9 Å². The van der Waals surface area contributed by atoms with Crippen LogP contribution in [0.5, 0.6) is 0 Å². The number of hydrogen-bond acceptors (Lipinski definition) is 12. The van der Waals surface area contributed by atoms with Gasteiger partial charge in [-0.3, -0.25) is 18.4 Å². The summed E-state index contributed by atoms with van der Waals surface area (Å²) in [4.78, 5) is 32.5. The number of aliphatic hydroxyl groups excluding tert-OH is 2. The molecule has 0 saturated carbocycles. The Kier molecular flexibility index (Phi) is 16.4. The van der Waals surface area contributed by atoms with Gasteiger partial charge in [-0.05, 0) is 19.8 Å². The Balaban J connectivity index is 2.19. The first-order valence-electron chi connectivity index (χ1n) is 11.3. The molecule has 6 unspecified atom stereocenters. The van der Waals surface area contributed by atoms with Crippen molar-refractivity contribution >= 4 is 15.6 Å².